The second kappa shape index (κ2) is 8.84. The van der Waals surface area contributed by atoms with Crippen LogP contribution in [0, 0.1) is 22.1 Å². The van der Waals surface area contributed by atoms with Crippen molar-refractivity contribution in [1.82, 2.24) is 5.32 Å². The molecular formula is C21H21F2IN2O4. The molecule has 30 heavy (non-hydrogen) atoms. The Morgan fingerprint density at radius 2 is 1.80 bits per heavy atom. The largest absolute Gasteiger partial charge is 0.478 e. The van der Waals surface area contributed by atoms with Gasteiger partial charge in [-0.05, 0) is 72.2 Å². The van der Waals surface area contributed by atoms with Crippen LogP contribution in [0.3, 0.4) is 0 Å². The third-order valence-electron chi connectivity index (χ3n) is 5.37. The van der Waals surface area contributed by atoms with Crippen LogP contribution in [0.5, 0.6) is 0 Å². The number of aliphatic hydroxyl groups excluding tert-OH is 1. The Labute approximate surface area is 185 Å². The van der Waals surface area contributed by atoms with Crippen LogP contribution in [-0.2, 0) is 0 Å². The Hall–Kier alpha value is -2.27. The Kier molecular flexibility index (Phi) is 6.61. The summed E-state index contributed by atoms with van der Waals surface area (Å²) in [6.07, 6.45) is 2.60. The van der Waals surface area contributed by atoms with Gasteiger partial charge in [-0.1, -0.05) is 12.8 Å². The number of aliphatic hydroxyl groups is 1. The van der Waals surface area contributed by atoms with Crippen molar-refractivity contribution in [1.29, 1.82) is 0 Å². The molecule has 0 bridgehead atoms. The summed E-state index contributed by atoms with van der Waals surface area (Å²) < 4.78 is 30.6. The Morgan fingerprint density at radius 1 is 1.13 bits per heavy atom. The highest BCUT2D eigenvalue weighted by molar-refractivity contribution is 14.1. The summed E-state index contributed by atoms with van der Waals surface area (Å²) in [7, 11) is 0. The van der Waals surface area contributed by atoms with E-state index in [0.29, 0.717) is 24.1 Å². The number of nitrogens with one attached hydrogen (secondary N) is 2. The van der Waals surface area contributed by atoms with E-state index >= 15 is 0 Å². The normalized spacial score (nSPS) is 15.1. The summed E-state index contributed by atoms with van der Waals surface area (Å²) >= 11 is 2.10. The summed E-state index contributed by atoms with van der Waals surface area (Å²) in [6.45, 7) is 1.41. The van der Waals surface area contributed by atoms with Crippen LogP contribution in [0.2, 0.25) is 0 Å². The Balaban J connectivity index is 2.01. The van der Waals surface area contributed by atoms with Gasteiger partial charge in [0.15, 0.2) is 11.6 Å². The minimum atomic E-state index is -1.51. The Morgan fingerprint density at radius 3 is 2.37 bits per heavy atom. The summed E-state index contributed by atoms with van der Waals surface area (Å²) in [5.41, 5.74) is -1.61. The van der Waals surface area contributed by atoms with Gasteiger partial charge in [0.25, 0.3) is 5.91 Å². The molecule has 0 unspecified atom stereocenters. The molecule has 1 fully saturated rings. The molecule has 0 spiro atoms. The molecule has 160 valence electrons. The first kappa shape index (κ1) is 22.4. The number of aromatic carboxylic acids is 1. The summed E-state index contributed by atoms with van der Waals surface area (Å²) in [6, 6.07) is 5.99. The van der Waals surface area contributed by atoms with Gasteiger partial charge in [0, 0.05) is 9.26 Å². The molecule has 0 saturated heterocycles. The molecule has 0 atom stereocenters. The van der Waals surface area contributed by atoms with Crippen molar-refractivity contribution in [3.8, 4) is 0 Å². The third-order valence-corrected chi connectivity index (χ3v) is 6.04. The molecule has 0 heterocycles. The van der Waals surface area contributed by atoms with Crippen molar-refractivity contribution in [3.05, 3.63) is 56.2 Å². The molecule has 0 aliphatic heterocycles. The van der Waals surface area contributed by atoms with Crippen LogP contribution in [-0.4, -0.2) is 34.2 Å². The monoisotopic (exact) mass is 530 g/mol. The molecule has 4 N–H and O–H groups in total. The predicted octanol–water partition coefficient (Wildman–Crippen LogP) is 4.35. The van der Waals surface area contributed by atoms with E-state index in [2.05, 4.69) is 33.2 Å². The van der Waals surface area contributed by atoms with Gasteiger partial charge >= 0.3 is 5.97 Å². The molecule has 1 aliphatic rings. The molecular weight excluding hydrogens is 509 g/mol. The smallest absolute Gasteiger partial charge is 0.337 e. The number of carbonyl (C=O) groups is 2. The average molecular weight is 530 g/mol. The lowest BCUT2D eigenvalue weighted by atomic mass is 9.97. The van der Waals surface area contributed by atoms with Crippen molar-refractivity contribution < 1.29 is 28.6 Å². The fraction of sp³-hybridized carbons (Fsp3) is 0.333. The number of halogens is 3. The molecule has 6 nitrogen and oxygen atoms in total. The fourth-order valence-electron chi connectivity index (χ4n) is 3.67. The molecule has 2 aromatic carbocycles. The number of benzene rings is 2. The average Bonchev–Trinajstić information content (AvgIpc) is 3.16. The number of carboxylic acids is 1. The van der Waals surface area contributed by atoms with Crippen LogP contribution in [0.1, 0.15) is 52.0 Å². The zero-order chi connectivity index (χ0) is 22.1. The van der Waals surface area contributed by atoms with E-state index in [-0.39, 0.29) is 6.61 Å². The number of carbonyl (C=O) groups excluding carboxylic acids is 1. The first-order valence-electron chi connectivity index (χ1n) is 9.39. The van der Waals surface area contributed by atoms with E-state index < -0.39 is 45.9 Å². The SMILES string of the molecule is Cc1cc(I)ccc1Nc1c(C(=O)O)cc(C(=O)NC2(CO)CCCC2)c(F)c1F. The molecule has 0 radical (unpaired) electrons. The maximum absolute atomic E-state index is 14.9. The highest BCUT2D eigenvalue weighted by Gasteiger charge is 2.36. The van der Waals surface area contributed by atoms with Crippen LogP contribution < -0.4 is 10.6 Å². The molecule has 0 aromatic heterocycles. The van der Waals surface area contributed by atoms with Crippen molar-refractivity contribution >= 4 is 45.8 Å². The minimum Gasteiger partial charge on any atom is -0.478 e. The lowest BCUT2D eigenvalue weighted by molar-refractivity contribution is 0.0697. The van der Waals surface area contributed by atoms with Crippen LogP contribution in [0.15, 0.2) is 24.3 Å². The minimum absolute atomic E-state index is 0.333. The second-order valence-electron chi connectivity index (χ2n) is 7.46. The van der Waals surface area contributed by atoms with Crippen molar-refractivity contribution in [2.45, 2.75) is 38.1 Å². The summed E-state index contributed by atoms with van der Waals surface area (Å²) in [5, 5.41) is 24.4. The van der Waals surface area contributed by atoms with Gasteiger partial charge in [0.05, 0.1) is 29.0 Å². The summed E-state index contributed by atoms with van der Waals surface area (Å²) in [4.78, 5) is 24.4. The second-order valence-corrected chi connectivity index (χ2v) is 8.71. The van der Waals surface area contributed by atoms with E-state index in [4.69, 9.17) is 0 Å². The maximum atomic E-state index is 14.9. The van der Waals surface area contributed by atoms with E-state index in [1.165, 1.54) is 0 Å². The van der Waals surface area contributed by atoms with Crippen LogP contribution in [0.25, 0.3) is 0 Å². The topological polar surface area (TPSA) is 98.7 Å². The number of carboxylic acid groups (broad SMARTS) is 1. The first-order chi connectivity index (χ1) is 14.2. The molecule has 2 aromatic rings. The molecule has 1 saturated carbocycles. The van der Waals surface area contributed by atoms with Gasteiger partial charge in [-0.15, -0.1) is 0 Å². The third kappa shape index (κ3) is 4.41. The zero-order valence-corrected chi connectivity index (χ0v) is 18.3. The molecule has 1 amide bonds. The van der Waals surface area contributed by atoms with Crippen molar-refractivity contribution in [2.24, 2.45) is 0 Å². The van der Waals surface area contributed by atoms with Crippen LogP contribution in [0.4, 0.5) is 20.2 Å². The molecule has 1 aliphatic carbocycles. The van der Waals surface area contributed by atoms with Crippen molar-refractivity contribution in [3.63, 3.8) is 0 Å². The van der Waals surface area contributed by atoms with Crippen molar-refractivity contribution in [2.75, 3.05) is 11.9 Å². The van der Waals surface area contributed by atoms with Crippen LogP contribution >= 0.6 is 22.6 Å². The quantitative estimate of drug-likeness (QED) is 0.417. The number of aryl methyl sites for hydroxylation is 1. The number of hydrogen-bond acceptors (Lipinski definition) is 4. The summed E-state index contributed by atoms with van der Waals surface area (Å²) in [5.74, 6) is -5.37. The number of hydrogen-bond donors (Lipinski definition) is 4. The lowest BCUT2D eigenvalue weighted by Gasteiger charge is -2.28. The van der Waals surface area contributed by atoms with Gasteiger partial charge < -0.3 is 20.8 Å². The lowest BCUT2D eigenvalue weighted by Crippen LogP contribution is -2.49. The standard InChI is InChI=1S/C21H21F2IN2O4/c1-11-8-12(24)4-5-15(11)25-18-14(20(29)30)9-13(16(22)17(18)23)19(28)26-21(10-27)6-2-3-7-21/h4-5,8-9,25,27H,2-3,6-7,10H2,1H3,(H,26,28)(H,29,30). The highest BCUT2D eigenvalue weighted by Crippen LogP contribution is 2.33. The van der Waals surface area contributed by atoms with E-state index in [9.17, 15) is 28.6 Å². The number of anilines is 2. The maximum Gasteiger partial charge on any atom is 0.337 e. The van der Waals surface area contributed by atoms with Gasteiger partial charge in [-0.2, -0.15) is 0 Å². The first-order valence-corrected chi connectivity index (χ1v) is 10.5. The Bertz CT molecular complexity index is 1010. The van der Waals surface area contributed by atoms with E-state index in [1.54, 1.807) is 25.1 Å². The van der Waals surface area contributed by atoms with Gasteiger partial charge in [-0.25, -0.2) is 13.6 Å². The van der Waals surface area contributed by atoms with E-state index in [0.717, 1.165) is 22.5 Å². The van der Waals surface area contributed by atoms with Gasteiger partial charge in [0.2, 0.25) is 0 Å². The predicted molar refractivity (Wildman–Crippen MR) is 116 cm³/mol. The van der Waals surface area contributed by atoms with Gasteiger partial charge in [0.1, 0.15) is 0 Å². The van der Waals surface area contributed by atoms with Gasteiger partial charge in [-0.3, -0.25) is 4.79 Å². The molecule has 3 rings (SSSR count). The van der Waals surface area contributed by atoms with E-state index in [1.807, 2.05) is 0 Å². The fourth-order valence-corrected chi connectivity index (χ4v) is 4.31. The highest BCUT2D eigenvalue weighted by atomic mass is 127. The number of rotatable bonds is 6. The zero-order valence-electron chi connectivity index (χ0n) is 16.2. The molecule has 9 heteroatoms. The number of amides is 1.